The van der Waals surface area contributed by atoms with Crippen molar-refractivity contribution in [2.24, 2.45) is 40.5 Å². The fraction of sp³-hybridized carbons (Fsp3) is 0.962. The van der Waals surface area contributed by atoms with Crippen LogP contribution in [0.5, 0.6) is 0 Å². The monoisotopic (exact) mass is 371 g/mol. The lowest BCUT2D eigenvalue weighted by Gasteiger charge is -2.45. The zero-order valence-electron chi connectivity index (χ0n) is 17.9. The molecular formula is C26H45N. The predicted molar refractivity (Wildman–Crippen MR) is 117 cm³/mol. The molecule has 0 aromatic carbocycles. The third kappa shape index (κ3) is 5.18. The lowest BCUT2D eigenvalue weighted by molar-refractivity contribution is 0.0761. The molecule has 0 radical (unpaired) electrons. The quantitative estimate of drug-likeness (QED) is 0.448. The van der Waals surface area contributed by atoms with Crippen LogP contribution in [0.15, 0.2) is 4.99 Å². The molecule has 154 valence electrons. The van der Waals surface area contributed by atoms with E-state index in [0.717, 1.165) is 35.5 Å². The summed E-state index contributed by atoms with van der Waals surface area (Å²) in [5, 5.41) is 0. The average molecular weight is 372 g/mol. The highest BCUT2D eigenvalue weighted by atomic mass is 14.8. The molecule has 1 aliphatic heterocycles. The van der Waals surface area contributed by atoms with E-state index < -0.39 is 0 Å². The first kappa shape index (κ1) is 20.0. The Bertz CT molecular complexity index is 431. The summed E-state index contributed by atoms with van der Waals surface area (Å²) < 4.78 is 0. The minimum absolute atomic E-state index is 0.827. The van der Waals surface area contributed by atoms with E-state index in [1.165, 1.54) is 122 Å². The normalized spacial score (nSPS) is 36.1. The third-order valence-corrected chi connectivity index (χ3v) is 8.93. The zero-order chi connectivity index (χ0) is 18.3. The molecule has 0 bridgehead atoms. The molecule has 3 fully saturated rings. The highest BCUT2D eigenvalue weighted by molar-refractivity contribution is 5.63. The van der Waals surface area contributed by atoms with Crippen LogP contribution >= 0.6 is 0 Å². The second-order valence-electron chi connectivity index (χ2n) is 10.6. The molecule has 3 aliphatic carbocycles. The summed E-state index contributed by atoms with van der Waals surface area (Å²) in [6.45, 7) is 1.18. The van der Waals surface area contributed by atoms with Crippen molar-refractivity contribution < 1.29 is 0 Å². The van der Waals surface area contributed by atoms with Gasteiger partial charge in [0.25, 0.3) is 0 Å². The third-order valence-electron chi connectivity index (χ3n) is 8.93. The topological polar surface area (TPSA) is 12.4 Å². The minimum atomic E-state index is 0.827. The lowest BCUT2D eigenvalue weighted by atomic mass is 9.61. The van der Waals surface area contributed by atoms with Gasteiger partial charge < -0.3 is 0 Å². The Morgan fingerprint density at radius 1 is 0.481 bits per heavy atom. The summed E-state index contributed by atoms with van der Waals surface area (Å²) in [7, 11) is 0. The molecule has 4 aliphatic rings. The first-order chi connectivity index (χ1) is 13.4. The molecule has 27 heavy (non-hydrogen) atoms. The van der Waals surface area contributed by atoms with Crippen LogP contribution in [0.4, 0.5) is 0 Å². The van der Waals surface area contributed by atoms with Gasteiger partial charge in [0.2, 0.25) is 0 Å². The molecule has 3 unspecified atom stereocenters. The fourth-order valence-electron chi connectivity index (χ4n) is 7.50. The summed E-state index contributed by atoms with van der Waals surface area (Å²) >= 11 is 0. The van der Waals surface area contributed by atoms with E-state index in [4.69, 9.17) is 4.99 Å². The standard InChI is InChI=1S/C26H45N/c1-2-8-14-21(13-7-1)24-19-27-20-25(22-15-9-3-4-10-16-22)26(24)23-17-11-5-6-12-18-23/h19,21-26H,1-18,20H2. The second-order valence-corrected chi connectivity index (χ2v) is 10.6. The maximum absolute atomic E-state index is 5.10. The van der Waals surface area contributed by atoms with E-state index in [1.807, 2.05) is 0 Å². The molecule has 3 atom stereocenters. The van der Waals surface area contributed by atoms with Crippen LogP contribution in [-0.2, 0) is 0 Å². The van der Waals surface area contributed by atoms with Crippen molar-refractivity contribution in [2.45, 2.75) is 116 Å². The van der Waals surface area contributed by atoms with E-state index in [-0.39, 0.29) is 0 Å². The van der Waals surface area contributed by atoms with Gasteiger partial charge in [0.1, 0.15) is 0 Å². The van der Waals surface area contributed by atoms with Crippen molar-refractivity contribution in [1.29, 1.82) is 0 Å². The molecule has 0 spiro atoms. The first-order valence-corrected chi connectivity index (χ1v) is 12.9. The van der Waals surface area contributed by atoms with Crippen LogP contribution in [0.2, 0.25) is 0 Å². The average Bonchev–Trinajstić information content (AvgIpc) is 3.23. The molecule has 0 N–H and O–H groups in total. The van der Waals surface area contributed by atoms with E-state index in [1.54, 1.807) is 0 Å². The van der Waals surface area contributed by atoms with E-state index in [9.17, 15) is 0 Å². The van der Waals surface area contributed by atoms with Gasteiger partial charge in [0.05, 0.1) is 0 Å². The van der Waals surface area contributed by atoms with Gasteiger partial charge in [-0.1, -0.05) is 103 Å². The molecule has 4 rings (SSSR count). The van der Waals surface area contributed by atoms with Gasteiger partial charge >= 0.3 is 0 Å². The van der Waals surface area contributed by atoms with Crippen LogP contribution in [0, 0.1) is 35.5 Å². The van der Waals surface area contributed by atoms with Crippen molar-refractivity contribution in [1.82, 2.24) is 0 Å². The molecule has 3 saturated carbocycles. The summed E-state index contributed by atoms with van der Waals surface area (Å²) in [6, 6.07) is 0. The first-order valence-electron chi connectivity index (χ1n) is 12.9. The van der Waals surface area contributed by atoms with Crippen LogP contribution < -0.4 is 0 Å². The number of hydrogen-bond acceptors (Lipinski definition) is 1. The van der Waals surface area contributed by atoms with Gasteiger partial charge in [-0.05, 0) is 42.4 Å². The highest BCUT2D eigenvalue weighted by Gasteiger charge is 2.43. The summed E-state index contributed by atoms with van der Waals surface area (Å²) in [6.07, 6.45) is 29.5. The van der Waals surface area contributed by atoms with Gasteiger partial charge in [0.15, 0.2) is 0 Å². The van der Waals surface area contributed by atoms with Gasteiger partial charge in [-0.2, -0.15) is 0 Å². The van der Waals surface area contributed by atoms with Crippen molar-refractivity contribution in [3.63, 3.8) is 0 Å². The van der Waals surface area contributed by atoms with Crippen molar-refractivity contribution >= 4 is 6.21 Å². The smallest absolute Gasteiger partial charge is 0.0419 e. The van der Waals surface area contributed by atoms with Crippen molar-refractivity contribution in [3.8, 4) is 0 Å². The van der Waals surface area contributed by atoms with E-state index in [0.29, 0.717) is 0 Å². The molecule has 0 amide bonds. The molecule has 1 nitrogen and oxygen atoms in total. The maximum Gasteiger partial charge on any atom is 0.0419 e. The van der Waals surface area contributed by atoms with Crippen LogP contribution in [-0.4, -0.2) is 12.8 Å². The van der Waals surface area contributed by atoms with Gasteiger partial charge in [-0.25, -0.2) is 0 Å². The summed E-state index contributed by atoms with van der Waals surface area (Å²) in [5.74, 6) is 5.69. The highest BCUT2D eigenvalue weighted by Crippen LogP contribution is 2.48. The van der Waals surface area contributed by atoms with Gasteiger partial charge in [-0.15, -0.1) is 0 Å². The minimum Gasteiger partial charge on any atom is -0.297 e. The molecule has 0 aromatic heterocycles. The van der Waals surface area contributed by atoms with E-state index >= 15 is 0 Å². The largest absolute Gasteiger partial charge is 0.297 e. The molecule has 1 heteroatoms. The van der Waals surface area contributed by atoms with Crippen LogP contribution in [0.3, 0.4) is 0 Å². The Morgan fingerprint density at radius 3 is 1.44 bits per heavy atom. The second kappa shape index (κ2) is 10.4. The number of hydrogen-bond donors (Lipinski definition) is 0. The Morgan fingerprint density at radius 2 is 0.926 bits per heavy atom. The number of nitrogens with zero attached hydrogens (tertiary/aromatic N) is 1. The Balaban J connectivity index is 1.57. The van der Waals surface area contributed by atoms with Crippen LogP contribution in [0.1, 0.15) is 116 Å². The lowest BCUT2D eigenvalue weighted by Crippen LogP contribution is -2.43. The van der Waals surface area contributed by atoms with Crippen LogP contribution in [0.25, 0.3) is 0 Å². The maximum atomic E-state index is 5.10. The van der Waals surface area contributed by atoms with Crippen molar-refractivity contribution in [2.75, 3.05) is 6.54 Å². The summed E-state index contributed by atoms with van der Waals surface area (Å²) in [5.41, 5.74) is 0. The Kier molecular flexibility index (Phi) is 7.72. The Labute approximate surface area is 169 Å². The number of aliphatic imine (C=N–C) groups is 1. The SMILES string of the molecule is C1=NCC(C2CCCCCC2)C(C2CCCCCC2)C1C1CCCCCC1. The predicted octanol–water partition coefficient (Wildman–Crippen LogP) is 7.83. The molecule has 0 saturated heterocycles. The number of rotatable bonds is 3. The van der Waals surface area contributed by atoms with Gasteiger partial charge in [0, 0.05) is 18.7 Å². The van der Waals surface area contributed by atoms with Gasteiger partial charge in [-0.3, -0.25) is 4.99 Å². The summed E-state index contributed by atoms with van der Waals surface area (Å²) in [4.78, 5) is 5.10. The van der Waals surface area contributed by atoms with E-state index in [2.05, 4.69) is 6.21 Å². The zero-order valence-corrected chi connectivity index (χ0v) is 17.9. The molecule has 1 heterocycles. The molecular weight excluding hydrogens is 326 g/mol. The Hall–Kier alpha value is -0.330. The molecule has 0 aromatic rings. The fourth-order valence-corrected chi connectivity index (χ4v) is 7.50. The van der Waals surface area contributed by atoms with Crippen molar-refractivity contribution in [3.05, 3.63) is 0 Å².